The van der Waals surface area contributed by atoms with E-state index in [4.69, 9.17) is 0 Å². The topological polar surface area (TPSA) is 84.3 Å². The Balaban J connectivity index is 1.94. The summed E-state index contributed by atoms with van der Waals surface area (Å²) >= 11 is 1.35. The standard InChI is InChI=1S/C17H20N4O3S2/c1-10-6-7-12(26(23,24)20(3)4)8-14(10)18-16(22)15-9-13-11(2)19-21(5)17(13)25-15/h6-9H,1-5H3,(H,18,22). The number of carbonyl (C=O) groups is 1. The highest BCUT2D eigenvalue weighted by Gasteiger charge is 2.20. The molecule has 0 spiro atoms. The number of carbonyl (C=O) groups excluding carboxylic acids is 1. The van der Waals surface area contributed by atoms with Crippen molar-refractivity contribution in [3.8, 4) is 0 Å². The first kappa shape index (κ1) is 18.6. The Kier molecular flexibility index (Phi) is 4.63. The molecule has 0 radical (unpaired) electrons. The first-order valence-electron chi connectivity index (χ1n) is 7.89. The Bertz CT molecular complexity index is 1080. The number of amides is 1. The number of thiophene rings is 1. The number of aryl methyl sites for hydroxylation is 3. The van der Waals surface area contributed by atoms with Crippen LogP contribution in [0.15, 0.2) is 29.2 Å². The minimum absolute atomic E-state index is 0.139. The number of fused-ring (bicyclic) bond motifs is 1. The maximum Gasteiger partial charge on any atom is 0.265 e. The summed E-state index contributed by atoms with van der Waals surface area (Å²) in [6, 6.07) is 6.52. The van der Waals surface area contributed by atoms with Crippen LogP contribution in [0.3, 0.4) is 0 Å². The zero-order valence-corrected chi connectivity index (χ0v) is 16.8. The van der Waals surface area contributed by atoms with Crippen molar-refractivity contribution in [2.45, 2.75) is 18.7 Å². The first-order chi connectivity index (χ1) is 12.1. The van der Waals surface area contributed by atoms with E-state index in [9.17, 15) is 13.2 Å². The average Bonchev–Trinajstić information content (AvgIpc) is 3.11. The van der Waals surface area contributed by atoms with Crippen molar-refractivity contribution in [2.75, 3.05) is 19.4 Å². The molecular weight excluding hydrogens is 372 g/mol. The predicted octanol–water partition coefficient (Wildman–Crippen LogP) is 2.75. The van der Waals surface area contributed by atoms with Gasteiger partial charge in [0.15, 0.2) is 0 Å². The monoisotopic (exact) mass is 392 g/mol. The summed E-state index contributed by atoms with van der Waals surface area (Å²) in [7, 11) is 1.22. The highest BCUT2D eigenvalue weighted by atomic mass is 32.2. The number of anilines is 1. The van der Waals surface area contributed by atoms with Crippen LogP contribution in [-0.4, -0.2) is 42.5 Å². The third-order valence-corrected chi connectivity index (χ3v) is 7.17. The molecule has 0 aliphatic heterocycles. The lowest BCUT2D eigenvalue weighted by molar-refractivity contribution is 0.103. The quantitative estimate of drug-likeness (QED) is 0.740. The lowest BCUT2D eigenvalue weighted by atomic mass is 10.2. The lowest BCUT2D eigenvalue weighted by Crippen LogP contribution is -2.22. The Morgan fingerprint density at radius 3 is 2.54 bits per heavy atom. The van der Waals surface area contributed by atoms with Gasteiger partial charge in [0.1, 0.15) is 4.83 Å². The second kappa shape index (κ2) is 6.49. The van der Waals surface area contributed by atoms with Crippen molar-refractivity contribution >= 4 is 43.2 Å². The summed E-state index contributed by atoms with van der Waals surface area (Å²) in [5.41, 5.74) is 2.13. The predicted molar refractivity (Wildman–Crippen MR) is 103 cm³/mol. The number of nitrogens with one attached hydrogen (secondary N) is 1. The Hall–Kier alpha value is -2.23. The second-order valence-electron chi connectivity index (χ2n) is 6.26. The fourth-order valence-electron chi connectivity index (χ4n) is 2.61. The molecule has 0 fully saturated rings. The molecule has 3 aromatic rings. The van der Waals surface area contributed by atoms with Gasteiger partial charge in [0.25, 0.3) is 5.91 Å². The maximum absolute atomic E-state index is 12.7. The molecule has 1 aromatic carbocycles. The van der Waals surface area contributed by atoms with E-state index >= 15 is 0 Å². The minimum atomic E-state index is -3.57. The average molecular weight is 393 g/mol. The van der Waals surface area contributed by atoms with Crippen molar-refractivity contribution in [1.82, 2.24) is 14.1 Å². The van der Waals surface area contributed by atoms with Crippen LogP contribution in [0.2, 0.25) is 0 Å². The van der Waals surface area contributed by atoms with Gasteiger partial charge in [-0.2, -0.15) is 5.10 Å². The molecule has 26 heavy (non-hydrogen) atoms. The van der Waals surface area contributed by atoms with Crippen LogP contribution in [0.25, 0.3) is 10.2 Å². The molecule has 0 saturated carbocycles. The molecule has 0 aliphatic carbocycles. The van der Waals surface area contributed by atoms with Crippen LogP contribution in [0, 0.1) is 13.8 Å². The molecule has 138 valence electrons. The molecule has 0 saturated heterocycles. The number of rotatable bonds is 4. The van der Waals surface area contributed by atoms with Gasteiger partial charge in [-0.25, -0.2) is 12.7 Å². The summed E-state index contributed by atoms with van der Waals surface area (Å²) in [5, 5.41) is 8.10. The van der Waals surface area contributed by atoms with Gasteiger partial charge >= 0.3 is 0 Å². The largest absolute Gasteiger partial charge is 0.321 e. The van der Waals surface area contributed by atoms with Gasteiger partial charge in [-0.05, 0) is 37.6 Å². The van der Waals surface area contributed by atoms with E-state index in [1.54, 1.807) is 10.7 Å². The Labute approximate surface area is 156 Å². The molecule has 1 amide bonds. The zero-order valence-electron chi connectivity index (χ0n) is 15.2. The van der Waals surface area contributed by atoms with Crippen LogP contribution < -0.4 is 5.32 Å². The van der Waals surface area contributed by atoms with Gasteiger partial charge in [-0.3, -0.25) is 9.48 Å². The van der Waals surface area contributed by atoms with Crippen LogP contribution in [0.1, 0.15) is 20.9 Å². The van der Waals surface area contributed by atoms with Crippen LogP contribution in [0.4, 0.5) is 5.69 Å². The van der Waals surface area contributed by atoms with Gasteiger partial charge in [-0.15, -0.1) is 11.3 Å². The number of aromatic nitrogens is 2. The Morgan fingerprint density at radius 1 is 1.23 bits per heavy atom. The molecule has 2 aromatic heterocycles. The number of hydrogen-bond acceptors (Lipinski definition) is 5. The minimum Gasteiger partial charge on any atom is -0.321 e. The van der Waals surface area contributed by atoms with Crippen LogP contribution >= 0.6 is 11.3 Å². The molecule has 7 nitrogen and oxygen atoms in total. The van der Waals surface area contributed by atoms with E-state index in [0.717, 1.165) is 25.8 Å². The van der Waals surface area contributed by atoms with Crippen molar-refractivity contribution in [1.29, 1.82) is 0 Å². The molecule has 0 bridgehead atoms. The summed E-state index contributed by atoms with van der Waals surface area (Å²) < 4.78 is 27.5. The first-order valence-corrected chi connectivity index (χ1v) is 10.1. The maximum atomic E-state index is 12.7. The van der Waals surface area contributed by atoms with E-state index in [1.165, 1.54) is 37.6 Å². The smallest absolute Gasteiger partial charge is 0.265 e. The van der Waals surface area contributed by atoms with Crippen LogP contribution in [-0.2, 0) is 17.1 Å². The molecule has 0 aliphatic rings. The molecule has 3 rings (SSSR count). The van der Waals surface area contributed by atoms with Crippen LogP contribution in [0.5, 0.6) is 0 Å². The molecular formula is C17H20N4O3S2. The zero-order chi connectivity index (χ0) is 19.2. The molecule has 2 heterocycles. The Morgan fingerprint density at radius 2 is 1.92 bits per heavy atom. The van der Waals surface area contributed by atoms with E-state index in [2.05, 4.69) is 10.4 Å². The molecule has 9 heteroatoms. The van der Waals surface area contributed by atoms with Crippen molar-refractivity contribution in [2.24, 2.45) is 7.05 Å². The van der Waals surface area contributed by atoms with Gasteiger partial charge in [0.05, 0.1) is 15.5 Å². The molecule has 0 atom stereocenters. The highest BCUT2D eigenvalue weighted by molar-refractivity contribution is 7.89. The number of hydrogen-bond donors (Lipinski definition) is 1. The summed E-state index contributed by atoms with van der Waals surface area (Å²) in [6.07, 6.45) is 0. The normalized spacial score (nSPS) is 12.1. The number of nitrogens with zero attached hydrogens (tertiary/aromatic N) is 3. The highest BCUT2D eigenvalue weighted by Crippen LogP contribution is 2.29. The van der Waals surface area contributed by atoms with E-state index < -0.39 is 10.0 Å². The van der Waals surface area contributed by atoms with E-state index in [0.29, 0.717) is 10.6 Å². The summed E-state index contributed by atoms with van der Waals surface area (Å²) in [6.45, 7) is 3.72. The van der Waals surface area contributed by atoms with E-state index in [-0.39, 0.29) is 10.8 Å². The molecule has 0 unspecified atom stereocenters. The fraction of sp³-hybridized carbons (Fsp3) is 0.294. The van der Waals surface area contributed by atoms with Gasteiger partial charge in [0, 0.05) is 32.2 Å². The summed E-state index contributed by atoms with van der Waals surface area (Å²) in [4.78, 5) is 14.3. The van der Waals surface area contributed by atoms with E-state index in [1.807, 2.05) is 27.0 Å². The second-order valence-corrected chi connectivity index (χ2v) is 9.44. The lowest BCUT2D eigenvalue weighted by Gasteiger charge is -2.14. The third kappa shape index (κ3) is 3.13. The van der Waals surface area contributed by atoms with Crippen molar-refractivity contribution < 1.29 is 13.2 Å². The summed E-state index contributed by atoms with van der Waals surface area (Å²) in [5.74, 6) is -0.270. The van der Waals surface area contributed by atoms with Crippen molar-refractivity contribution in [3.05, 3.63) is 40.4 Å². The number of sulfonamides is 1. The van der Waals surface area contributed by atoms with Gasteiger partial charge in [-0.1, -0.05) is 6.07 Å². The fourth-order valence-corrected chi connectivity index (χ4v) is 4.55. The SMILES string of the molecule is Cc1ccc(S(=O)(=O)N(C)C)cc1NC(=O)c1cc2c(C)nn(C)c2s1. The van der Waals surface area contributed by atoms with Gasteiger partial charge in [0.2, 0.25) is 10.0 Å². The molecule has 1 N–H and O–H groups in total. The number of benzene rings is 1. The van der Waals surface area contributed by atoms with Gasteiger partial charge < -0.3 is 5.32 Å². The van der Waals surface area contributed by atoms with Crippen molar-refractivity contribution in [3.63, 3.8) is 0 Å². The third-order valence-electron chi connectivity index (χ3n) is 4.16.